The van der Waals surface area contributed by atoms with Crippen molar-refractivity contribution in [2.24, 2.45) is 5.92 Å². The molecule has 3 nitrogen and oxygen atoms in total. The maximum atomic E-state index is 13.5. The van der Waals surface area contributed by atoms with E-state index in [1.807, 2.05) is 11.6 Å². The number of carbonyl (C=O) groups is 1. The fourth-order valence-electron chi connectivity index (χ4n) is 2.69. The Bertz CT molecular complexity index is 641. The van der Waals surface area contributed by atoms with Crippen LogP contribution in [-0.2, 0) is 24.1 Å². The summed E-state index contributed by atoms with van der Waals surface area (Å²) in [6.45, 7) is 0.478. The molecule has 5 heteroatoms. The van der Waals surface area contributed by atoms with E-state index < -0.39 is 0 Å². The number of nitrogens with zero attached hydrogens (tertiary/aromatic N) is 1. The van der Waals surface area contributed by atoms with Gasteiger partial charge in [-0.3, -0.25) is 4.79 Å². The van der Waals surface area contributed by atoms with Crippen molar-refractivity contribution in [1.29, 1.82) is 0 Å². The molecule has 21 heavy (non-hydrogen) atoms. The molecular weight excluding hydrogens is 287 g/mol. The highest BCUT2D eigenvalue weighted by atomic mass is 32.1. The Morgan fingerprint density at radius 3 is 3.14 bits per heavy atom. The molecule has 1 atom stereocenters. The van der Waals surface area contributed by atoms with Crippen molar-refractivity contribution in [3.8, 4) is 0 Å². The van der Waals surface area contributed by atoms with Crippen LogP contribution in [0, 0.1) is 11.7 Å². The zero-order valence-electron chi connectivity index (χ0n) is 11.6. The lowest BCUT2D eigenvalue weighted by molar-refractivity contribution is -0.125. The number of rotatable bonds is 4. The molecule has 3 rings (SSSR count). The van der Waals surface area contributed by atoms with Crippen molar-refractivity contribution >= 4 is 17.2 Å². The van der Waals surface area contributed by atoms with Crippen molar-refractivity contribution in [2.75, 3.05) is 6.54 Å². The fourth-order valence-corrected chi connectivity index (χ4v) is 3.59. The summed E-state index contributed by atoms with van der Waals surface area (Å²) in [7, 11) is 0. The number of benzene rings is 1. The standard InChI is InChI=1S/C16H17FN2OS/c17-13-4-2-1-3-11(13)7-8-18-16(20)12-5-6-14-15(9-12)21-10-19-14/h1-4,10,12H,5-9H2,(H,18,20). The van der Waals surface area contributed by atoms with E-state index in [1.54, 1.807) is 23.5 Å². The third kappa shape index (κ3) is 3.29. The van der Waals surface area contributed by atoms with Crippen molar-refractivity contribution in [1.82, 2.24) is 10.3 Å². The molecule has 1 aliphatic carbocycles. The number of aromatic nitrogens is 1. The monoisotopic (exact) mass is 304 g/mol. The molecular formula is C16H17FN2OS. The third-order valence-electron chi connectivity index (χ3n) is 3.91. The molecule has 1 amide bonds. The zero-order chi connectivity index (χ0) is 14.7. The van der Waals surface area contributed by atoms with E-state index in [0.717, 1.165) is 25.0 Å². The molecule has 0 bridgehead atoms. The number of hydrogen-bond acceptors (Lipinski definition) is 3. The Labute approximate surface area is 127 Å². The smallest absolute Gasteiger partial charge is 0.223 e. The van der Waals surface area contributed by atoms with Crippen LogP contribution in [0.1, 0.15) is 22.6 Å². The van der Waals surface area contributed by atoms with E-state index in [9.17, 15) is 9.18 Å². The van der Waals surface area contributed by atoms with E-state index in [4.69, 9.17) is 0 Å². The Morgan fingerprint density at radius 2 is 2.29 bits per heavy atom. The van der Waals surface area contributed by atoms with E-state index in [-0.39, 0.29) is 17.6 Å². The Hall–Kier alpha value is -1.75. The molecule has 0 fully saturated rings. The second-order valence-electron chi connectivity index (χ2n) is 5.29. The summed E-state index contributed by atoms with van der Waals surface area (Å²) in [4.78, 5) is 17.7. The van der Waals surface area contributed by atoms with E-state index in [2.05, 4.69) is 10.3 Å². The van der Waals surface area contributed by atoms with Crippen LogP contribution in [0.5, 0.6) is 0 Å². The first-order valence-corrected chi connectivity index (χ1v) is 8.04. The van der Waals surface area contributed by atoms with E-state index >= 15 is 0 Å². The molecule has 1 aromatic carbocycles. The largest absolute Gasteiger partial charge is 0.356 e. The first kappa shape index (κ1) is 14.2. The average Bonchev–Trinajstić information content (AvgIpc) is 2.96. The van der Waals surface area contributed by atoms with Gasteiger partial charge in [0.2, 0.25) is 5.91 Å². The van der Waals surface area contributed by atoms with Gasteiger partial charge in [-0.05, 0) is 37.3 Å². The van der Waals surface area contributed by atoms with Crippen LogP contribution in [0.15, 0.2) is 29.8 Å². The van der Waals surface area contributed by atoms with Crippen LogP contribution in [0.2, 0.25) is 0 Å². The minimum Gasteiger partial charge on any atom is -0.356 e. The van der Waals surface area contributed by atoms with Gasteiger partial charge in [-0.25, -0.2) is 9.37 Å². The van der Waals surface area contributed by atoms with Crippen LogP contribution in [0.4, 0.5) is 4.39 Å². The number of aryl methyl sites for hydroxylation is 1. The molecule has 2 aromatic rings. The SMILES string of the molecule is O=C(NCCc1ccccc1F)C1CCc2ncsc2C1. The third-order valence-corrected chi connectivity index (χ3v) is 4.81. The zero-order valence-corrected chi connectivity index (χ0v) is 12.5. The van der Waals surface area contributed by atoms with Crippen molar-refractivity contribution < 1.29 is 9.18 Å². The lowest BCUT2D eigenvalue weighted by atomic mass is 9.90. The number of hydrogen-bond donors (Lipinski definition) is 1. The van der Waals surface area contributed by atoms with Gasteiger partial charge in [-0.2, -0.15) is 0 Å². The molecule has 1 aromatic heterocycles. The van der Waals surface area contributed by atoms with Gasteiger partial charge in [0.25, 0.3) is 0 Å². The molecule has 1 unspecified atom stereocenters. The predicted molar refractivity (Wildman–Crippen MR) is 80.7 cm³/mol. The first-order valence-electron chi connectivity index (χ1n) is 7.16. The summed E-state index contributed by atoms with van der Waals surface area (Å²) in [5, 5.41) is 2.93. The minimum absolute atomic E-state index is 0.0265. The molecule has 0 saturated heterocycles. The summed E-state index contributed by atoms with van der Waals surface area (Å²) in [5.41, 5.74) is 3.64. The van der Waals surface area contributed by atoms with Crippen molar-refractivity contribution in [3.05, 3.63) is 51.7 Å². The number of fused-ring (bicyclic) bond motifs is 1. The minimum atomic E-state index is -0.210. The van der Waals surface area contributed by atoms with Gasteiger partial charge in [0.15, 0.2) is 0 Å². The highest BCUT2D eigenvalue weighted by molar-refractivity contribution is 7.09. The fraction of sp³-hybridized carbons (Fsp3) is 0.375. The summed E-state index contributed by atoms with van der Waals surface area (Å²) in [6, 6.07) is 6.69. The van der Waals surface area contributed by atoms with Gasteiger partial charge in [0, 0.05) is 17.3 Å². The Kier molecular flexibility index (Phi) is 4.29. The van der Waals surface area contributed by atoms with Crippen LogP contribution in [-0.4, -0.2) is 17.4 Å². The second kappa shape index (κ2) is 6.35. The lowest BCUT2D eigenvalue weighted by Gasteiger charge is -2.20. The summed E-state index contributed by atoms with van der Waals surface area (Å²) in [6.07, 6.45) is 3.04. The summed E-state index contributed by atoms with van der Waals surface area (Å²) in [5.74, 6) is -0.109. The molecule has 110 valence electrons. The van der Waals surface area contributed by atoms with Gasteiger partial charge >= 0.3 is 0 Å². The molecule has 0 saturated carbocycles. The van der Waals surface area contributed by atoms with Gasteiger partial charge < -0.3 is 5.32 Å². The average molecular weight is 304 g/mol. The molecule has 1 N–H and O–H groups in total. The molecule has 0 radical (unpaired) electrons. The van der Waals surface area contributed by atoms with Crippen LogP contribution >= 0.6 is 11.3 Å². The predicted octanol–water partition coefficient (Wildman–Crippen LogP) is 2.75. The first-order chi connectivity index (χ1) is 10.2. The molecule has 1 heterocycles. The Balaban J connectivity index is 1.50. The van der Waals surface area contributed by atoms with E-state index in [1.165, 1.54) is 10.9 Å². The Morgan fingerprint density at radius 1 is 1.43 bits per heavy atom. The number of thiazole rings is 1. The van der Waals surface area contributed by atoms with Gasteiger partial charge in [0.1, 0.15) is 5.82 Å². The summed E-state index contributed by atoms with van der Waals surface area (Å²) >= 11 is 1.63. The van der Waals surface area contributed by atoms with Crippen molar-refractivity contribution in [2.45, 2.75) is 25.7 Å². The highest BCUT2D eigenvalue weighted by Gasteiger charge is 2.25. The molecule has 1 aliphatic rings. The number of amides is 1. The number of halogens is 1. The van der Waals surface area contributed by atoms with Crippen LogP contribution < -0.4 is 5.32 Å². The van der Waals surface area contributed by atoms with Crippen LogP contribution in [0.3, 0.4) is 0 Å². The highest BCUT2D eigenvalue weighted by Crippen LogP contribution is 2.27. The topological polar surface area (TPSA) is 42.0 Å². The lowest BCUT2D eigenvalue weighted by Crippen LogP contribution is -2.35. The second-order valence-corrected chi connectivity index (χ2v) is 6.23. The van der Waals surface area contributed by atoms with Gasteiger partial charge in [-0.1, -0.05) is 18.2 Å². The number of carbonyl (C=O) groups excluding carboxylic acids is 1. The molecule has 0 spiro atoms. The summed E-state index contributed by atoms with van der Waals surface area (Å²) < 4.78 is 13.5. The quantitative estimate of drug-likeness (QED) is 0.943. The maximum Gasteiger partial charge on any atom is 0.223 e. The molecule has 0 aliphatic heterocycles. The maximum absolute atomic E-state index is 13.5. The van der Waals surface area contributed by atoms with Gasteiger partial charge in [0.05, 0.1) is 11.2 Å². The van der Waals surface area contributed by atoms with E-state index in [0.29, 0.717) is 18.5 Å². The van der Waals surface area contributed by atoms with Gasteiger partial charge in [-0.15, -0.1) is 11.3 Å². The van der Waals surface area contributed by atoms with Crippen LogP contribution in [0.25, 0.3) is 0 Å². The number of nitrogens with one attached hydrogen (secondary N) is 1. The van der Waals surface area contributed by atoms with Crippen molar-refractivity contribution in [3.63, 3.8) is 0 Å². The normalized spacial score (nSPS) is 17.3.